The number of hydrogen-bond acceptors (Lipinski definition) is 4. The zero-order valence-corrected chi connectivity index (χ0v) is 14.3. The first-order valence-corrected chi connectivity index (χ1v) is 8.98. The molecule has 6 nitrogen and oxygen atoms in total. The van der Waals surface area contributed by atoms with Gasteiger partial charge in [-0.15, -0.1) is 0 Å². The van der Waals surface area contributed by atoms with Gasteiger partial charge < -0.3 is 9.64 Å². The minimum absolute atomic E-state index is 0.136. The highest BCUT2D eigenvalue weighted by atomic mass is 32.2. The Balaban J connectivity index is 2.95. The molecule has 0 saturated carbocycles. The van der Waals surface area contributed by atoms with Crippen LogP contribution in [0.25, 0.3) is 0 Å². The number of amides is 1. The van der Waals surface area contributed by atoms with E-state index < -0.39 is 10.0 Å². The van der Waals surface area contributed by atoms with Gasteiger partial charge >= 0.3 is 0 Å². The zero-order chi connectivity index (χ0) is 16.8. The molecule has 1 rings (SSSR count). The van der Waals surface area contributed by atoms with Gasteiger partial charge in [-0.25, -0.2) is 8.42 Å². The molecule has 0 spiro atoms. The second-order valence-electron chi connectivity index (χ2n) is 5.59. The lowest BCUT2D eigenvalue weighted by Gasteiger charge is -2.24. The monoisotopic (exact) mass is 328 g/mol. The maximum atomic E-state index is 12.6. The quantitative estimate of drug-likeness (QED) is 0.789. The van der Waals surface area contributed by atoms with Crippen LogP contribution in [0.15, 0.2) is 24.3 Å². The van der Waals surface area contributed by atoms with E-state index in [1.807, 2.05) is 13.8 Å². The van der Waals surface area contributed by atoms with Crippen molar-refractivity contribution in [1.82, 2.24) is 4.90 Å². The number of anilines is 1. The van der Waals surface area contributed by atoms with Gasteiger partial charge in [0.05, 0.1) is 12.9 Å². The third kappa shape index (κ3) is 6.44. The first-order valence-electron chi connectivity index (χ1n) is 7.09. The topological polar surface area (TPSA) is 75.7 Å². The summed E-state index contributed by atoms with van der Waals surface area (Å²) in [5.41, 5.74) is 0.829. The molecular formula is C15H24N2O4S. The number of methoxy groups -OCH3 is 1. The first-order chi connectivity index (χ1) is 10.2. The minimum Gasteiger partial charge on any atom is -0.383 e. The van der Waals surface area contributed by atoms with Gasteiger partial charge in [0, 0.05) is 31.5 Å². The van der Waals surface area contributed by atoms with Crippen molar-refractivity contribution in [2.24, 2.45) is 5.92 Å². The second-order valence-corrected chi connectivity index (χ2v) is 7.34. The van der Waals surface area contributed by atoms with Crippen molar-refractivity contribution in [2.75, 3.05) is 37.8 Å². The molecule has 0 aromatic heterocycles. The lowest BCUT2D eigenvalue weighted by atomic mass is 10.1. The summed E-state index contributed by atoms with van der Waals surface area (Å²) in [6, 6.07) is 6.49. The number of hydrogen-bond donors (Lipinski definition) is 1. The molecule has 0 heterocycles. The van der Waals surface area contributed by atoms with Crippen molar-refractivity contribution in [3.05, 3.63) is 29.8 Å². The molecule has 0 saturated heterocycles. The predicted octanol–water partition coefficient (Wildman–Crippen LogP) is 1.80. The van der Waals surface area contributed by atoms with Crippen LogP contribution in [-0.2, 0) is 14.8 Å². The molecule has 1 aromatic carbocycles. The first kappa shape index (κ1) is 18.4. The number of ether oxygens (including phenoxy) is 1. The molecule has 0 radical (unpaired) electrons. The fourth-order valence-corrected chi connectivity index (χ4v) is 2.59. The largest absolute Gasteiger partial charge is 0.383 e. The standard InChI is InChI=1S/C15H24N2O4S/c1-12(2)11-17(8-9-21-3)15(18)13-6-5-7-14(10-13)16-22(4,19)20/h5-7,10,12,16H,8-9,11H2,1-4H3. The van der Waals surface area contributed by atoms with Crippen LogP contribution < -0.4 is 4.72 Å². The Morgan fingerprint density at radius 1 is 1.36 bits per heavy atom. The average molecular weight is 328 g/mol. The molecule has 124 valence electrons. The summed E-state index contributed by atoms with van der Waals surface area (Å²) in [5, 5.41) is 0. The van der Waals surface area contributed by atoms with Crippen LogP contribution in [0.1, 0.15) is 24.2 Å². The fraction of sp³-hybridized carbons (Fsp3) is 0.533. The van der Waals surface area contributed by atoms with Gasteiger partial charge in [0.2, 0.25) is 10.0 Å². The van der Waals surface area contributed by atoms with Crippen molar-refractivity contribution < 1.29 is 17.9 Å². The van der Waals surface area contributed by atoms with Crippen LogP contribution in [0.4, 0.5) is 5.69 Å². The van der Waals surface area contributed by atoms with E-state index in [0.29, 0.717) is 36.9 Å². The molecular weight excluding hydrogens is 304 g/mol. The number of rotatable bonds is 8. The molecule has 0 unspecified atom stereocenters. The van der Waals surface area contributed by atoms with E-state index in [0.717, 1.165) is 6.26 Å². The normalized spacial score (nSPS) is 11.5. The number of nitrogens with zero attached hydrogens (tertiary/aromatic N) is 1. The molecule has 7 heteroatoms. The van der Waals surface area contributed by atoms with Gasteiger partial charge in [-0.1, -0.05) is 19.9 Å². The molecule has 1 aromatic rings. The summed E-state index contributed by atoms with van der Waals surface area (Å²) in [5.74, 6) is 0.195. The molecule has 0 fully saturated rings. The Labute approximate surface area is 132 Å². The Kier molecular flexibility index (Phi) is 6.83. The molecule has 0 aliphatic rings. The highest BCUT2D eigenvalue weighted by Crippen LogP contribution is 2.14. The van der Waals surface area contributed by atoms with E-state index in [1.165, 1.54) is 0 Å². The third-order valence-electron chi connectivity index (χ3n) is 2.85. The van der Waals surface area contributed by atoms with Gasteiger partial charge in [-0.2, -0.15) is 0 Å². The van der Waals surface area contributed by atoms with E-state index in [2.05, 4.69) is 4.72 Å². The van der Waals surface area contributed by atoms with Crippen LogP contribution in [0, 0.1) is 5.92 Å². The fourth-order valence-electron chi connectivity index (χ4n) is 2.03. The van der Waals surface area contributed by atoms with Crippen LogP contribution >= 0.6 is 0 Å². The van der Waals surface area contributed by atoms with Crippen molar-refractivity contribution in [3.8, 4) is 0 Å². The Hall–Kier alpha value is -1.60. The molecule has 0 aliphatic carbocycles. The van der Waals surface area contributed by atoms with Gasteiger partial charge in [0.15, 0.2) is 0 Å². The van der Waals surface area contributed by atoms with Crippen LogP contribution in [0.2, 0.25) is 0 Å². The minimum atomic E-state index is -3.37. The predicted molar refractivity (Wildman–Crippen MR) is 87.5 cm³/mol. The summed E-state index contributed by atoms with van der Waals surface area (Å²) >= 11 is 0. The molecule has 0 aliphatic heterocycles. The van der Waals surface area contributed by atoms with E-state index in [-0.39, 0.29) is 5.91 Å². The number of carbonyl (C=O) groups excluding carboxylic acids is 1. The second kappa shape index (κ2) is 8.14. The summed E-state index contributed by atoms with van der Waals surface area (Å²) in [6.45, 7) is 5.65. The lowest BCUT2D eigenvalue weighted by Crippen LogP contribution is -2.36. The summed E-state index contributed by atoms with van der Waals surface area (Å²) in [7, 11) is -1.78. The number of carbonyl (C=O) groups is 1. The van der Waals surface area contributed by atoms with E-state index in [1.54, 1.807) is 36.3 Å². The summed E-state index contributed by atoms with van der Waals surface area (Å²) in [6.07, 6.45) is 1.07. The van der Waals surface area contributed by atoms with Crippen molar-refractivity contribution in [1.29, 1.82) is 0 Å². The third-order valence-corrected chi connectivity index (χ3v) is 3.46. The maximum absolute atomic E-state index is 12.6. The zero-order valence-electron chi connectivity index (χ0n) is 13.5. The van der Waals surface area contributed by atoms with Crippen LogP contribution in [0.5, 0.6) is 0 Å². The Morgan fingerprint density at radius 3 is 2.59 bits per heavy atom. The Morgan fingerprint density at radius 2 is 2.05 bits per heavy atom. The van der Waals surface area contributed by atoms with E-state index in [9.17, 15) is 13.2 Å². The van der Waals surface area contributed by atoms with Crippen LogP contribution in [0.3, 0.4) is 0 Å². The van der Waals surface area contributed by atoms with Gasteiger partial charge in [0.25, 0.3) is 5.91 Å². The highest BCUT2D eigenvalue weighted by Gasteiger charge is 2.17. The van der Waals surface area contributed by atoms with Gasteiger partial charge in [0.1, 0.15) is 0 Å². The van der Waals surface area contributed by atoms with Gasteiger partial charge in [-0.3, -0.25) is 9.52 Å². The summed E-state index contributed by atoms with van der Waals surface area (Å²) < 4.78 is 30.0. The lowest BCUT2D eigenvalue weighted by molar-refractivity contribution is 0.0672. The van der Waals surface area contributed by atoms with E-state index in [4.69, 9.17) is 4.74 Å². The smallest absolute Gasteiger partial charge is 0.254 e. The molecule has 22 heavy (non-hydrogen) atoms. The molecule has 1 amide bonds. The SMILES string of the molecule is COCCN(CC(C)C)C(=O)c1cccc(NS(C)(=O)=O)c1. The Bertz CT molecular complexity index is 599. The van der Waals surface area contributed by atoms with Crippen molar-refractivity contribution in [3.63, 3.8) is 0 Å². The number of benzene rings is 1. The van der Waals surface area contributed by atoms with Gasteiger partial charge in [-0.05, 0) is 24.1 Å². The van der Waals surface area contributed by atoms with E-state index >= 15 is 0 Å². The molecule has 1 N–H and O–H groups in total. The average Bonchev–Trinajstić information content (AvgIpc) is 2.40. The molecule has 0 atom stereocenters. The summed E-state index contributed by atoms with van der Waals surface area (Å²) in [4.78, 5) is 14.3. The van der Waals surface area contributed by atoms with Crippen molar-refractivity contribution in [2.45, 2.75) is 13.8 Å². The maximum Gasteiger partial charge on any atom is 0.254 e. The van der Waals surface area contributed by atoms with Crippen molar-refractivity contribution >= 4 is 21.6 Å². The molecule has 0 bridgehead atoms. The highest BCUT2D eigenvalue weighted by molar-refractivity contribution is 7.92. The number of nitrogens with one attached hydrogen (secondary N) is 1. The number of sulfonamides is 1. The van der Waals surface area contributed by atoms with Crippen LogP contribution in [-0.4, -0.2) is 52.3 Å².